The molecule has 4 nitrogen and oxygen atoms in total. The van der Waals surface area contributed by atoms with Crippen LogP contribution in [0.5, 0.6) is 0 Å². The molecule has 94 valence electrons. The Balaban J connectivity index is 2.14. The molecule has 1 aliphatic heterocycles. The van der Waals surface area contributed by atoms with Crippen molar-refractivity contribution in [1.29, 1.82) is 0 Å². The van der Waals surface area contributed by atoms with Gasteiger partial charge in [-0.15, -0.1) is 0 Å². The zero-order chi connectivity index (χ0) is 13.2. The zero-order valence-electron chi connectivity index (χ0n) is 9.88. The largest absolute Gasteiger partial charge is 0.346 e. The van der Waals surface area contributed by atoms with Crippen molar-refractivity contribution in [3.8, 4) is 0 Å². The molecule has 0 saturated carbocycles. The summed E-state index contributed by atoms with van der Waals surface area (Å²) in [5, 5.41) is 4.52. The van der Waals surface area contributed by atoms with E-state index in [1.165, 1.54) is 0 Å². The minimum Gasteiger partial charge on any atom is -0.261 e. The van der Waals surface area contributed by atoms with Gasteiger partial charge in [-0.05, 0) is 30.3 Å². The van der Waals surface area contributed by atoms with Crippen molar-refractivity contribution in [2.75, 3.05) is 4.90 Å². The van der Waals surface area contributed by atoms with Crippen LogP contribution in [0.4, 0.5) is 16.2 Å². The third kappa shape index (κ3) is 2.18. The molecule has 0 radical (unpaired) electrons. The molecule has 0 unspecified atom stereocenters. The van der Waals surface area contributed by atoms with Gasteiger partial charge in [-0.1, -0.05) is 29.8 Å². The van der Waals surface area contributed by atoms with E-state index in [1.807, 2.05) is 24.3 Å². The van der Waals surface area contributed by atoms with E-state index in [0.29, 0.717) is 5.02 Å². The summed E-state index contributed by atoms with van der Waals surface area (Å²) >= 11 is 5.88. The van der Waals surface area contributed by atoms with Crippen molar-refractivity contribution in [3.63, 3.8) is 0 Å². The van der Waals surface area contributed by atoms with E-state index in [9.17, 15) is 4.79 Å². The van der Waals surface area contributed by atoms with Crippen LogP contribution in [0.2, 0.25) is 5.02 Å². The lowest BCUT2D eigenvalue weighted by atomic mass is 10.1. The first-order valence-corrected chi connectivity index (χ1v) is 6.11. The highest BCUT2D eigenvalue weighted by atomic mass is 35.5. The number of nitrogens with zero attached hydrogens (tertiary/aromatic N) is 2. The molecule has 0 aliphatic carbocycles. The maximum Gasteiger partial charge on any atom is 0.346 e. The predicted molar refractivity (Wildman–Crippen MR) is 76.2 cm³/mol. The lowest BCUT2D eigenvalue weighted by Gasteiger charge is -2.22. The second-order valence-corrected chi connectivity index (χ2v) is 4.48. The molecule has 0 fully saturated rings. The zero-order valence-corrected chi connectivity index (χ0v) is 10.6. The van der Waals surface area contributed by atoms with Crippen molar-refractivity contribution in [2.24, 2.45) is 5.10 Å². The Hall–Kier alpha value is -2.33. The molecule has 0 saturated heterocycles. The van der Waals surface area contributed by atoms with Gasteiger partial charge in [0.2, 0.25) is 0 Å². The molecule has 1 aliphatic rings. The molecule has 0 atom stereocenters. The highest BCUT2D eigenvalue weighted by Crippen LogP contribution is 2.29. The molecule has 2 amide bonds. The summed E-state index contributed by atoms with van der Waals surface area (Å²) in [6.45, 7) is 0. The van der Waals surface area contributed by atoms with E-state index in [1.54, 1.807) is 35.4 Å². The number of hydrogen-bond acceptors (Lipinski definition) is 2. The molecule has 0 spiro atoms. The van der Waals surface area contributed by atoms with Gasteiger partial charge in [-0.2, -0.15) is 5.10 Å². The number of amides is 2. The quantitative estimate of drug-likeness (QED) is 0.847. The fraction of sp³-hybridized carbons (Fsp3) is 0. The first kappa shape index (κ1) is 11.7. The lowest BCUT2D eigenvalue weighted by molar-refractivity contribution is 0.249. The summed E-state index contributed by atoms with van der Waals surface area (Å²) in [5.74, 6) is 0. The SMILES string of the molecule is O=C1NN=Cc2ccccc2N1c1ccc(Cl)cc1. The standard InChI is InChI=1S/C14H10ClN3O/c15-11-5-7-12(8-6-11)18-13-4-2-1-3-10(13)9-16-17-14(18)19/h1-9H,(H,17,19). The third-order valence-corrected chi connectivity index (χ3v) is 3.08. The highest BCUT2D eigenvalue weighted by Gasteiger charge is 2.21. The van der Waals surface area contributed by atoms with E-state index >= 15 is 0 Å². The molecule has 2 aromatic rings. The van der Waals surface area contributed by atoms with Gasteiger partial charge in [0, 0.05) is 10.6 Å². The van der Waals surface area contributed by atoms with Gasteiger partial charge in [0.1, 0.15) is 0 Å². The summed E-state index contributed by atoms with van der Waals surface area (Å²) < 4.78 is 0. The Morgan fingerprint density at radius 3 is 2.58 bits per heavy atom. The van der Waals surface area contributed by atoms with Crippen molar-refractivity contribution in [1.82, 2.24) is 5.43 Å². The summed E-state index contributed by atoms with van der Waals surface area (Å²) in [4.78, 5) is 13.7. The van der Waals surface area contributed by atoms with Gasteiger partial charge in [0.15, 0.2) is 0 Å². The second-order valence-electron chi connectivity index (χ2n) is 4.05. The van der Waals surface area contributed by atoms with Gasteiger partial charge in [-0.3, -0.25) is 4.90 Å². The van der Waals surface area contributed by atoms with Crippen molar-refractivity contribution in [2.45, 2.75) is 0 Å². The first-order chi connectivity index (χ1) is 9.25. The number of rotatable bonds is 1. The van der Waals surface area contributed by atoms with E-state index in [-0.39, 0.29) is 6.03 Å². The molecular formula is C14H10ClN3O. The van der Waals surface area contributed by atoms with Gasteiger partial charge >= 0.3 is 6.03 Å². The van der Waals surface area contributed by atoms with Gasteiger partial charge in [0.25, 0.3) is 0 Å². The van der Waals surface area contributed by atoms with Crippen LogP contribution < -0.4 is 10.3 Å². The summed E-state index contributed by atoms with van der Waals surface area (Å²) in [6.07, 6.45) is 1.63. The Labute approximate surface area is 115 Å². The van der Waals surface area contributed by atoms with Crippen LogP contribution in [0.15, 0.2) is 53.6 Å². The number of benzene rings is 2. The normalized spacial score (nSPS) is 13.7. The number of carbonyl (C=O) groups excluding carboxylic acids is 1. The minimum absolute atomic E-state index is 0.302. The number of urea groups is 1. The Morgan fingerprint density at radius 2 is 1.79 bits per heavy atom. The molecule has 0 bridgehead atoms. The van der Waals surface area contributed by atoms with Gasteiger partial charge in [-0.25, -0.2) is 10.2 Å². The maximum absolute atomic E-state index is 12.1. The number of para-hydroxylation sites is 1. The molecule has 3 rings (SSSR count). The Morgan fingerprint density at radius 1 is 1.05 bits per heavy atom. The number of halogens is 1. The Bertz CT molecular complexity index is 652. The summed E-state index contributed by atoms with van der Waals surface area (Å²) in [5.41, 5.74) is 4.87. The number of hydrogen-bond donors (Lipinski definition) is 1. The van der Waals surface area contributed by atoms with E-state index < -0.39 is 0 Å². The number of fused-ring (bicyclic) bond motifs is 1. The molecule has 2 aromatic carbocycles. The van der Waals surface area contributed by atoms with Crippen LogP contribution in [0.1, 0.15) is 5.56 Å². The average molecular weight is 272 g/mol. The predicted octanol–water partition coefficient (Wildman–Crippen LogP) is 3.54. The maximum atomic E-state index is 12.1. The van der Waals surface area contributed by atoms with E-state index in [0.717, 1.165) is 16.9 Å². The van der Waals surface area contributed by atoms with Crippen LogP contribution in [0, 0.1) is 0 Å². The highest BCUT2D eigenvalue weighted by molar-refractivity contribution is 6.30. The smallest absolute Gasteiger partial charge is 0.261 e. The summed E-state index contributed by atoms with van der Waals surface area (Å²) in [7, 11) is 0. The molecule has 1 heterocycles. The van der Waals surface area contributed by atoms with Crippen molar-refractivity contribution < 1.29 is 4.79 Å². The molecule has 1 N–H and O–H groups in total. The number of carbonyl (C=O) groups is 1. The van der Waals surface area contributed by atoms with Crippen LogP contribution in [-0.2, 0) is 0 Å². The molecule has 19 heavy (non-hydrogen) atoms. The molecule has 5 heteroatoms. The first-order valence-electron chi connectivity index (χ1n) is 5.73. The third-order valence-electron chi connectivity index (χ3n) is 2.83. The van der Waals surface area contributed by atoms with Gasteiger partial charge < -0.3 is 0 Å². The van der Waals surface area contributed by atoms with Gasteiger partial charge in [0.05, 0.1) is 17.6 Å². The monoisotopic (exact) mass is 271 g/mol. The van der Waals surface area contributed by atoms with Crippen LogP contribution in [-0.4, -0.2) is 12.2 Å². The minimum atomic E-state index is -0.302. The Kier molecular flexibility index (Phi) is 2.93. The van der Waals surface area contributed by atoms with Crippen molar-refractivity contribution >= 4 is 35.2 Å². The number of nitrogens with one attached hydrogen (secondary N) is 1. The average Bonchev–Trinajstić information content (AvgIpc) is 2.58. The van der Waals surface area contributed by atoms with Crippen LogP contribution in [0.25, 0.3) is 0 Å². The summed E-state index contributed by atoms with van der Waals surface area (Å²) in [6, 6.07) is 14.4. The topological polar surface area (TPSA) is 44.7 Å². The second kappa shape index (κ2) is 4.74. The molecule has 0 aromatic heterocycles. The van der Waals surface area contributed by atoms with Crippen molar-refractivity contribution in [3.05, 3.63) is 59.1 Å². The fourth-order valence-electron chi connectivity index (χ4n) is 1.96. The number of anilines is 2. The van der Waals surface area contributed by atoms with E-state index in [4.69, 9.17) is 11.6 Å². The molecular weight excluding hydrogens is 262 g/mol. The fourth-order valence-corrected chi connectivity index (χ4v) is 2.09. The number of hydrazone groups is 1. The van der Waals surface area contributed by atoms with Crippen LogP contribution >= 0.6 is 11.6 Å². The lowest BCUT2D eigenvalue weighted by Crippen LogP contribution is -2.32. The van der Waals surface area contributed by atoms with E-state index in [2.05, 4.69) is 10.5 Å². The van der Waals surface area contributed by atoms with Crippen LogP contribution in [0.3, 0.4) is 0 Å².